The Labute approximate surface area is 199 Å². The summed E-state index contributed by atoms with van der Waals surface area (Å²) in [6.45, 7) is 0.370. The Kier molecular flexibility index (Phi) is 7.46. The van der Waals surface area contributed by atoms with Crippen LogP contribution in [-0.4, -0.2) is 28.2 Å². The van der Waals surface area contributed by atoms with Crippen molar-refractivity contribution in [3.8, 4) is 11.8 Å². The van der Waals surface area contributed by atoms with Crippen molar-refractivity contribution in [3.63, 3.8) is 0 Å². The molecule has 2 N–H and O–H groups in total. The molecule has 0 saturated carbocycles. The van der Waals surface area contributed by atoms with Gasteiger partial charge in [-0.15, -0.1) is 0 Å². The number of aryl methyl sites for hydroxylation is 1. The minimum Gasteiger partial charge on any atom is -0.384 e. The van der Waals surface area contributed by atoms with Gasteiger partial charge in [-0.25, -0.2) is 4.98 Å². The monoisotopic (exact) mass is 481 g/mol. The van der Waals surface area contributed by atoms with Crippen molar-refractivity contribution in [2.24, 2.45) is 0 Å². The molecule has 0 aliphatic heterocycles. The third-order valence-electron chi connectivity index (χ3n) is 5.26. The van der Waals surface area contributed by atoms with E-state index in [0.29, 0.717) is 23.8 Å². The Hall–Kier alpha value is -3.41. The summed E-state index contributed by atoms with van der Waals surface area (Å²) in [6, 6.07) is 7.24. The van der Waals surface area contributed by atoms with Gasteiger partial charge in [0, 0.05) is 18.9 Å². The normalized spacial score (nSPS) is 12.9. The number of halogens is 3. The third-order valence-corrected chi connectivity index (χ3v) is 6.35. The number of thiazole rings is 1. The first-order valence-corrected chi connectivity index (χ1v) is 11.6. The summed E-state index contributed by atoms with van der Waals surface area (Å²) in [4.78, 5) is 9.74. The number of pyridine rings is 1. The van der Waals surface area contributed by atoms with E-state index in [0.717, 1.165) is 52.1 Å². The van der Waals surface area contributed by atoms with Crippen LogP contribution in [-0.2, 0) is 12.6 Å². The lowest BCUT2D eigenvalue weighted by atomic mass is 10.1. The molecule has 34 heavy (non-hydrogen) atoms. The number of benzene rings is 1. The number of alkyl halides is 3. The van der Waals surface area contributed by atoms with E-state index in [1.54, 1.807) is 6.20 Å². The zero-order valence-electron chi connectivity index (χ0n) is 18.2. The van der Waals surface area contributed by atoms with Crippen LogP contribution in [0.25, 0.3) is 17.7 Å². The topological polar surface area (TPSA) is 58.0 Å². The maximum Gasteiger partial charge on any atom is 0.416 e. The second-order valence-corrected chi connectivity index (χ2v) is 8.66. The molecule has 1 aliphatic carbocycles. The highest BCUT2D eigenvalue weighted by Crippen LogP contribution is 2.35. The Bertz CT molecular complexity index is 1260. The first kappa shape index (κ1) is 23.7. The fraction of sp³-hybridized carbons (Fsp3) is 0.231. The average molecular weight is 482 g/mol. The summed E-state index contributed by atoms with van der Waals surface area (Å²) in [5.74, 6) is 5.63. The van der Waals surface area contributed by atoms with E-state index in [1.807, 2.05) is 18.3 Å². The summed E-state index contributed by atoms with van der Waals surface area (Å²) in [6.07, 6.45) is 7.63. The van der Waals surface area contributed by atoms with Crippen molar-refractivity contribution in [1.82, 2.24) is 9.97 Å². The molecular weight excluding hydrogens is 459 g/mol. The van der Waals surface area contributed by atoms with Crippen molar-refractivity contribution >= 4 is 34.2 Å². The minimum absolute atomic E-state index is 0.250. The predicted molar refractivity (Wildman–Crippen MR) is 130 cm³/mol. The van der Waals surface area contributed by atoms with E-state index in [4.69, 9.17) is 5.11 Å². The number of aliphatic hydroxyl groups excluding tert-OH is 1. The van der Waals surface area contributed by atoms with Gasteiger partial charge in [0.1, 0.15) is 12.3 Å². The summed E-state index contributed by atoms with van der Waals surface area (Å²) >= 11 is 1.50. The van der Waals surface area contributed by atoms with Gasteiger partial charge in [0.2, 0.25) is 0 Å². The molecule has 0 amide bonds. The lowest BCUT2D eigenvalue weighted by Crippen LogP contribution is -2.05. The Morgan fingerprint density at radius 2 is 1.94 bits per heavy atom. The van der Waals surface area contributed by atoms with Crippen LogP contribution in [0.4, 0.5) is 18.3 Å². The highest BCUT2D eigenvalue weighted by atomic mass is 32.1. The number of nitrogens with zero attached hydrogens (tertiary/aromatic N) is 2. The fourth-order valence-electron chi connectivity index (χ4n) is 3.58. The molecule has 4 nitrogen and oxygen atoms in total. The molecule has 8 heteroatoms. The third kappa shape index (κ3) is 5.93. The van der Waals surface area contributed by atoms with Crippen LogP contribution in [0.15, 0.2) is 48.8 Å². The molecule has 1 aliphatic rings. The zero-order valence-corrected chi connectivity index (χ0v) is 19.0. The van der Waals surface area contributed by atoms with Crippen molar-refractivity contribution in [2.75, 3.05) is 18.5 Å². The van der Waals surface area contributed by atoms with Crippen molar-refractivity contribution in [3.05, 3.63) is 81.6 Å². The first-order chi connectivity index (χ1) is 16.4. The maximum atomic E-state index is 12.7. The van der Waals surface area contributed by atoms with Crippen LogP contribution >= 0.6 is 11.3 Å². The molecule has 0 spiro atoms. The quantitative estimate of drug-likeness (QED) is 0.340. The Morgan fingerprint density at radius 1 is 1.12 bits per heavy atom. The summed E-state index contributed by atoms with van der Waals surface area (Å²) in [5.41, 5.74) is 4.03. The second kappa shape index (κ2) is 10.7. The van der Waals surface area contributed by atoms with E-state index >= 15 is 0 Å². The largest absolute Gasteiger partial charge is 0.416 e. The standard InChI is InChI=1S/C26H22F3N3OS/c27-26(28,29)22-10-8-18(9-11-22)4-2-13-31-25-32-23(7-3-15-33)24(34-25)20-5-1-6-21-17-30-14-12-19(21)16-20/h1,6,8-12,14,16-17,33H,2,4-5,13,15H2,(H,31,32). The van der Waals surface area contributed by atoms with E-state index in [1.165, 1.54) is 23.5 Å². The summed E-state index contributed by atoms with van der Waals surface area (Å²) in [7, 11) is 0. The summed E-state index contributed by atoms with van der Waals surface area (Å²) < 4.78 is 38.1. The molecule has 174 valence electrons. The lowest BCUT2D eigenvalue weighted by molar-refractivity contribution is -0.137. The van der Waals surface area contributed by atoms with E-state index in [-0.39, 0.29) is 6.61 Å². The number of anilines is 1. The number of nitrogens with one attached hydrogen (secondary N) is 1. The van der Waals surface area contributed by atoms with Gasteiger partial charge in [-0.3, -0.25) is 4.98 Å². The van der Waals surface area contributed by atoms with E-state index < -0.39 is 11.7 Å². The van der Waals surface area contributed by atoms with Crippen molar-refractivity contribution < 1.29 is 18.3 Å². The van der Waals surface area contributed by atoms with Crippen LogP contribution < -0.4 is 5.32 Å². The summed E-state index contributed by atoms with van der Waals surface area (Å²) in [5, 5.41) is 13.2. The fourth-order valence-corrected chi connectivity index (χ4v) is 4.55. The molecule has 4 rings (SSSR count). The lowest BCUT2D eigenvalue weighted by Gasteiger charge is -2.08. The van der Waals surface area contributed by atoms with Gasteiger partial charge in [0.15, 0.2) is 5.13 Å². The molecule has 1 aromatic carbocycles. The van der Waals surface area contributed by atoms with Crippen LogP contribution in [0.1, 0.15) is 45.7 Å². The van der Waals surface area contributed by atoms with Gasteiger partial charge in [-0.1, -0.05) is 41.5 Å². The second-order valence-electron chi connectivity index (χ2n) is 7.66. The van der Waals surface area contributed by atoms with Crippen LogP contribution in [0, 0.1) is 11.8 Å². The van der Waals surface area contributed by atoms with E-state index in [9.17, 15) is 13.2 Å². The molecule has 3 aromatic rings. The predicted octanol–water partition coefficient (Wildman–Crippen LogP) is 5.90. The molecule has 2 aromatic heterocycles. The van der Waals surface area contributed by atoms with Crippen LogP contribution in [0.2, 0.25) is 0 Å². The van der Waals surface area contributed by atoms with Crippen LogP contribution in [0.5, 0.6) is 0 Å². The number of aromatic nitrogens is 2. The number of aliphatic hydroxyl groups is 1. The van der Waals surface area contributed by atoms with Gasteiger partial charge >= 0.3 is 6.18 Å². The first-order valence-electron chi connectivity index (χ1n) is 10.8. The van der Waals surface area contributed by atoms with Gasteiger partial charge in [-0.05, 0) is 71.7 Å². The van der Waals surface area contributed by atoms with Crippen LogP contribution in [0.3, 0.4) is 0 Å². The van der Waals surface area contributed by atoms with Crippen molar-refractivity contribution in [2.45, 2.75) is 25.4 Å². The SMILES string of the molecule is OCC#Cc1nc(NCCCc2ccc(C(F)(F)F)cc2)sc1C1=Cc2ccncc2C=CC1. The highest BCUT2D eigenvalue weighted by Gasteiger charge is 2.29. The number of fused-ring (bicyclic) bond motifs is 1. The van der Waals surface area contributed by atoms with Crippen molar-refractivity contribution in [1.29, 1.82) is 0 Å². The Balaban J connectivity index is 1.44. The smallest absolute Gasteiger partial charge is 0.384 e. The van der Waals surface area contributed by atoms with Gasteiger partial charge in [-0.2, -0.15) is 13.2 Å². The van der Waals surface area contributed by atoms with Gasteiger partial charge < -0.3 is 10.4 Å². The van der Waals surface area contributed by atoms with Gasteiger partial charge in [0.05, 0.1) is 10.4 Å². The number of allylic oxidation sites excluding steroid dienone is 2. The molecule has 0 radical (unpaired) electrons. The molecule has 2 heterocycles. The molecule has 0 unspecified atom stereocenters. The number of hydrogen-bond donors (Lipinski definition) is 2. The molecule has 0 bridgehead atoms. The number of hydrogen-bond acceptors (Lipinski definition) is 5. The molecule has 0 fully saturated rings. The molecule has 0 saturated heterocycles. The highest BCUT2D eigenvalue weighted by molar-refractivity contribution is 7.16. The maximum absolute atomic E-state index is 12.7. The molecule has 0 atom stereocenters. The van der Waals surface area contributed by atoms with E-state index in [2.05, 4.69) is 39.3 Å². The molecular formula is C26H22F3N3OS. The Morgan fingerprint density at radius 3 is 2.71 bits per heavy atom. The van der Waals surface area contributed by atoms with Gasteiger partial charge in [0.25, 0.3) is 0 Å². The minimum atomic E-state index is -4.32. The zero-order chi connectivity index (χ0) is 24.0. The average Bonchev–Trinajstić information content (AvgIpc) is 3.10. The number of rotatable bonds is 6.